The fourth-order valence-corrected chi connectivity index (χ4v) is 1.65. The quantitative estimate of drug-likeness (QED) is 0.799. The highest BCUT2D eigenvalue weighted by atomic mass is 35.5. The van der Waals surface area contributed by atoms with Gasteiger partial charge in [-0.1, -0.05) is 18.2 Å². The molecule has 2 aromatic rings. The van der Waals surface area contributed by atoms with E-state index in [4.69, 9.17) is 0 Å². The van der Waals surface area contributed by atoms with Crippen LogP contribution in [-0.4, -0.2) is 27.9 Å². The van der Waals surface area contributed by atoms with Gasteiger partial charge >= 0.3 is 0 Å². The van der Waals surface area contributed by atoms with Crippen LogP contribution >= 0.6 is 12.4 Å². The zero-order valence-electron chi connectivity index (χ0n) is 10.7. The maximum absolute atomic E-state index is 11.8. The van der Waals surface area contributed by atoms with Gasteiger partial charge in [0.25, 0.3) is 0 Å². The van der Waals surface area contributed by atoms with Crippen molar-refractivity contribution in [1.82, 2.24) is 15.4 Å². The Hall–Kier alpha value is -2.08. The maximum atomic E-state index is 11.8. The Balaban J connectivity index is 0.00000180. The molecule has 2 rings (SSSR count). The Morgan fingerprint density at radius 1 is 1.32 bits per heavy atom. The van der Waals surface area contributed by atoms with E-state index in [2.05, 4.69) is 26.0 Å². The highest BCUT2D eigenvalue weighted by molar-refractivity contribution is 5.94. The van der Waals surface area contributed by atoms with Crippen molar-refractivity contribution in [3.05, 3.63) is 35.5 Å². The maximum Gasteiger partial charge on any atom is 0.243 e. The summed E-state index contributed by atoms with van der Waals surface area (Å²) in [4.78, 5) is 11.8. The van der Waals surface area contributed by atoms with Crippen LogP contribution in [-0.2, 0) is 4.79 Å². The second kappa shape index (κ2) is 6.75. The highest BCUT2D eigenvalue weighted by Crippen LogP contribution is 2.19. The Bertz CT molecular complexity index is 521. The van der Waals surface area contributed by atoms with E-state index in [1.54, 1.807) is 0 Å². The molecule has 1 aromatic carbocycles. The summed E-state index contributed by atoms with van der Waals surface area (Å²) >= 11 is 0. The number of nitrogens with one attached hydrogen (secondary N) is 3. The molecule has 0 atom stereocenters. The van der Waals surface area contributed by atoms with Crippen LogP contribution in [0.1, 0.15) is 11.1 Å². The zero-order valence-corrected chi connectivity index (χ0v) is 11.5. The fraction of sp³-hybridized carbons (Fsp3) is 0.250. The standard InChI is InChI=1S/C12H15N5O.ClH/c1-8-4-3-5-9(2)12(8)15-11(18)7-13-10-6-14-17-16-10;/h3-6H,7H2,1-2H3,(H,15,18)(H2,13,14,16,17);1H. The van der Waals surface area contributed by atoms with Crippen LogP contribution in [0.2, 0.25) is 0 Å². The van der Waals surface area contributed by atoms with Crippen LogP contribution in [0.25, 0.3) is 0 Å². The summed E-state index contributed by atoms with van der Waals surface area (Å²) in [6.45, 7) is 4.08. The summed E-state index contributed by atoms with van der Waals surface area (Å²) < 4.78 is 0. The molecule has 0 aliphatic heterocycles. The number of para-hydroxylation sites is 1. The summed E-state index contributed by atoms with van der Waals surface area (Å²) in [5, 5.41) is 15.7. The van der Waals surface area contributed by atoms with Crippen LogP contribution < -0.4 is 10.6 Å². The summed E-state index contributed by atoms with van der Waals surface area (Å²) in [7, 11) is 0. The lowest BCUT2D eigenvalue weighted by molar-refractivity contribution is -0.114. The third kappa shape index (κ3) is 3.96. The molecule has 7 heteroatoms. The third-order valence-electron chi connectivity index (χ3n) is 2.59. The number of H-pyrrole nitrogens is 1. The predicted octanol–water partition coefficient (Wildman–Crippen LogP) is 1.89. The first-order valence-electron chi connectivity index (χ1n) is 5.62. The van der Waals surface area contributed by atoms with Crippen molar-refractivity contribution in [2.75, 3.05) is 17.2 Å². The topological polar surface area (TPSA) is 82.7 Å². The summed E-state index contributed by atoms with van der Waals surface area (Å²) in [6.07, 6.45) is 1.52. The highest BCUT2D eigenvalue weighted by Gasteiger charge is 2.07. The Morgan fingerprint density at radius 3 is 2.58 bits per heavy atom. The molecule has 1 aromatic heterocycles. The lowest BCUT2D eigenvalue weighted by Gasteiger charge is -2.11. The van der Waals surface area contributed by atoms with Crippen molar-refractivity contribution in [3.63, 3.8) is 0 Å². The smallest absolute Gasteiger partial charge is 0.243 e. The molecule has 0 saturated carbocycles. The number of amides is 1. The van der Waals surface area contributed by atoms with Gasteiger partial charge in [0.05, 0.1) is 12.7 Å². The number of carbonyl (C=O) groups is 1. The third-order valence-corrected chi connectivity index (χ3v) is 2.59. The molecule has 0 fully saturated rings. The molecule has 1 heterocycles. The molecular formula is C12H16ClN5O. The van der Waals surface area contributed by atoms with Crippen LogP contribution in [0.15, 0.2) is 24.4 Å². The second-order valence-corrected chi connectivity index (χ2v) is 4.02. The van der Waals surface area contributed by atoms with E-state index in [9.17, 15) is 4.79 Å². The number of hydrogen-bond acceptors (Lipinski definition) is 4. The first kappa shape index (κ1) is 15.0. The molecule has 0 saturated heterocycles. The first-order valence-corrected chi connectivity index (χ1v) is 5.62. The average molecular weight is 282 g/mol. The largest absolute Gasteiger partial charge is 0.358 e. The van der Waals surface area contributed by atoms with Gasteiger partial charge in [-0.15, -0.1) is 17.5 Å². The predicted molar refractivity (Wildman–Crippen MR) is 76.7 cm³/mol. The van der Waals surface area contributed by atoms with Crippen LogP contribution in [0, 0.1) is 13.8 Å². The number of hydrogen-bond donors (Lipinski definition) is 3. The molecule has 0 radical (unpaired) electrons. The Morgan fingerprint density at radius 2 is 2.00 bits per heavy atom. The van der Waals surface area contributed by atoms with E-state index >= 15 is 0 Å². The van der Waals surface area contributed by atoms with Gasteiger partial charge in [0.2, 0.25) is 5.91 Å². The van der Waals surface area contributed by atoms with Crippen molar-refractivity contribution >= 4 is 29.8 Å². The van der Waals surface area contributed by atoms with Gasteiger partial charge in [-0.3, -0.25) is 4.79 Å². The molecule has 0 aliphatic rings. The van der Waals surface area contributed by atoms with Gasteiger partial charge in [-0.05, 0) is 25.0 Å². The minimum atomic E-state index is -0.115. The van der Waals surface area contributed by atoms with Gasteiger partial charge in [0.15, 0.2) is 5.82 Å². The fourth-order valence-electron chi connectivity index (χ4n) is 1.65. The summed E-state index contributed by atoms with van der Waals surface area (Å²) in [5.41, 5.74) is 2.96. The molecule has 6 nitrogen and oxygen atoms in total. The number of halogens is 1. The second-order valence-electron chi connectivity index (χ2n) is 4.02. The minimum Gasteiger partial charge on any atom is -0.358 e. The number of rotatable bonds is 4. The molecule has 102 valence electrons. The molecule has 0 aliphatic carbocycles. The van der Waals surface area contributed by atoms with Crippen molar-refractivity contribution in [2.45, 2.75) is 13.8 Å². The van der Waals surface area contributed by atoms with Crippen molar-refractivity contribution in [2.24, 2.45) is 0 Å². The monoisotopic (exact) mass is 281 g/mol. The van der Waals surface area contributed by atoms with Crippen LogP contribution in [0.3, 0.4) is 0 Å². The molecule has 19 heavy (non-hydrogen) atoms. The van der Waals surface area contributed by atoms with E-state index < -0.39 is 0 Å². The molecule has 3 N–H and O–H groups in total. The van der Waals surface area contributed by atoms with E-state index in [0.717, 1.165) is 16.8 Å². The normalized spacial score (nSPS) is 9.58. The zero-order chi connectivity index (χ0) is 13.0. The van der Waals surface area contributed by atoms with Gasteiger partial charge in [0, 0.05) is 5.69 Å². The number of aromatic amines is 1. The van der Waals surface area contributed by atoms with Crippen molar-refractivity contribution in [3.8, 4) is 0 Å². The van der Waals surface area contributed by atoms with E-state index in [0.29, 0.717) is 5.82 Å². The number of nitrogens with zero attached hydrogens (tertiary/aromatic N) is 2. The number of carbonyl (C=O) groups excluding carboxylic acids is 1. The summed E-state index contributed by atoms with van der Waals surface area (Å²) in [6, 6.07) is 5.90. The van der Waals surface area contributed by atoms with Crippen LogP contribution in [0.5, 0.6) is 0 Å². The Kier molecular flexibility index (Phi) is 5.32. The molecule has 0 bridgehead atoms. The number of aromatic nitrogens is 3. The van der Waals surface area contributed by atoms with E-state index in [1.165, 1.54) is 6.20 Å². The van der Waals surface area contributed by atoms with Gasteiger partial charge in [0.1, 0.15) is 0 Å². The number of anilines is 2. The molecule has 1 amide bonds. The van der Waals surface area contributed by atoms with Gasteiger partial charge < -0.3 is 10.6 Å². The van der Waals surface area contributed by atoms with Crippen LogP contribution in [0.4, 0.5) is 11.5 Å². The van der Waals surface area contributed by atoms with Gasteiger partial charge in [-0.2, -0.15) is 10.3 Å². The molecular weight excluding hydrogens is 266 g/mol. The minimum absolute atomic E-state index is 0. The SMILES string of the molecule is Cc1cccc(C)c1NC(=O)CNc1cn[nH]n1.Cl. The molecule has 0 unspecified atom stereocenters. The van der Waals surface area contributed by atoms with Crippen molar-refractivity contribution in [1.29, 1.82) is 0 Å². The first-order chi connectivity index (χ1) is 8.66. The lowest BCUT2D eigenvalue weighted by Crippen LogP contribution is -2.22. The average Bonchev–Trinajstić information content (AvgIpc) is 2.84. The van der Waals surface area contributed by atoms with Gasteiger partial charge in [-0.25, -0.2) is 0 Å². The summed E-state index contributed by atoms with van der Waals surface area (Å²) in [5.74, 6) is 0.432. The lowest BCUT2D eigenvalue weighted by atomic mass is 10.1. The van der Waals surface area contributed by atoms with E-state index in [-0.39, 0.29) is 24.9 Å². The number of benzene rings is 1. The molecule has 0 spiro atoms. The Labute approximate surface area is 117 Å². The number of aryl methyl sites for hydroxylation is 2. The van der Waals surface area contributed by atoms with Crippen molar-refractivity contribution < 1.29 is 4.79 Å². The van der Waals surface area contributed by atoms with E-state index in [1.807, 2.05) is 32.0 Å².